The van der Waals surface area contributed by atoms with Crippen LogP contribution in [0.25, 0.3) is 11.3 Å². The number of hydrogen-bond donors (Lipinski definition) is 0. The van der Waals surface area contributed by atoms with Crippen molar-refractivity contribution in [2.24, 2.45) is 0 Å². The van der Waals surface area contributed by atoms with Gasteiger partial charge in [-0.05, 0) is 31.5 Å². The topological polar surface area (TPSA) is 30.7 Å². The molecule has 16 heavy (non-hydrogen) atoms. The first-order valence-electron chi connectivity index (χ1n) is 4.85. The van der Waals surface area contributed by atoms with Crippen LogP contribution < -0.4 is 0 Å². The fourth-order valence-electron chi connectivity index (χ4n) is 1.38. The van der Waals surface area contributed by atoms with Crippen LogP contribution in [0.5, 0.6) is 0 Å². The fraction of sp³-hybridized carbons (Fsp3) is 0.273. The van der Waals surface area contributed by atoms with Crippen LogP contribution in [0.1, 0.15) is 17.8 Å². The largest absolute Gasteiger partial charge is 0.333 e. The maximum Gasteiger partial charge on any atom is 0.333 e. The molecule has 0 fully saturated rings. The molecule has 84 valence electrons. The highest BCUT2D eigenvalue weighted by Crippen LogP contribution is 2.20. The Morgan fingerprint density at radius 2 is 2.06 bits per heavy atom. The predicted molar refractivity (Wildman–Crippen MR) is 56.2 cm³/mol. The average molecular weight is 223 g/mol. The van der Waals surface area contributed by atoms with Crippen molar-refractivity contribution in [3.8, 4) is 11.3 Å². The lowest BCUT2D eigenvalue weighted by molar-refractivity contribution is 0.0568. The molecule has 0 spiro atoms. The van der Waals surface area contributed by atoms with Gasteiger partial charge in [0.25, 0.3) is 0 Å². The molecule has 0 aromatic carbocycles. The fourth-order valence-corrected chi connectivity index (χ4v) is 1.38. The number of nitrogens with zero attached hydrogens (tertiary/aromatic N) is 3. The van der Waals surface area contributed by atoms with Gasteiger partial charge in [-0.25, -0.2) is 4.68 Å². The minimum atomic E-state index is -2.60. The number of hydrogen-bond acceptors (Lipinski definition) is 2. The molecule has 0 atom stereocenters. The Hall–Kier alpha value is -1.78. The molecule has 2 rings (SSSR count). The van der Waals surface area contributed by atoms with E-state index >= 15 is 0 Å². The second kappa shape index (κ2) is 4.00. The smallest absolute Gasteiger partial charge is 0.261 e. The Morgan fingerprint density at radius 1 is 1.31 bits per heavy atom. The lowest BCUT2D eigenvalue weighted by Crippen LogP contribution is -1.98. The summed E-state index contributed by atoms with van der Waals surface area (Å²) in [5.41, 5.74) is 3.21. The number of halogens is 2. The molecule has 5 heteroatoms. The molecule has 3 nitrogen and oxygen atoms in total. The van der Waals surface area contributed by atoms with Gasteiger partial charge in [-0.2, -0.15) is 13.9 Å². The van der Waals surface area contributed by atoms with Crippen LogP contribution in [0.2, 0.25) is 0 Å². The highest BCUT2D eigenvalue weighted by Gasteiger charge is 2.09. The average Bonchev–Trinajstić information content (AvgIpc) is 2.71. The third-order valence-electron chi connectivity index (χ3n) is 2.44. The summed E-state index contributed by atoms with van der Waals surface area (Å²) in [5, 5.41) is 3.78. The summed E-state index contributed by atoms with van der Waals surface area (Å²) < 4.78 is 25.3. The van der Waals surface area contributed by atoms with E-state index in [0.29, 0.717) is 10.4 Å². The normalized spacial score (nSPS) is 11.1. The number of alkyl halides is 2. The van der Waals surface area contributed by atoms with Crippen LogP contribution in [-0.2, 0) is 0 Å². The van der Waals surface area contributed by atoms with Crippen molar-refractivity contribution in [3.05, 3.63) is 35.8 Å². The van der Waals surface area contributed by atoms with E-state index in [1.165, 1.54) is 6.20 Å². The van der Waals surface area contributed by atoms with Crippen LogP contribution >= 0.6 is 0 Å². The van der Waals surface area contributed by atoms with Crippen molar-refractivity contribution >= 4 is 0 Å². The number of aromatic nitrogens is 3. The van der Waals surface area contributed by atoms with Gasteiger partial charge in [0.15, 0.2) is 0 Å². The molecule has 2 heterocycles. The van der Waals surface area contributed by atoms with Crippen molar-refractivity contribution in [2.45, 2.75) is 20.4 Å². The van der Waals surface area contributed by atoms with E-state index in [4.69, 9.17) is 0 Å². The first-order chi connectivity index (χ1) is 7.58. The van der Waals surface area contributed by atoms with E-state index in [-0.39, 0.29) is 0 Å². The van der Waals surface area contributed by atoms with Crippen LogP contribution in [0.15, 0.2) is 24.5 Å². The third-order valence-corrected chi connectivity index (χ3v) is 2.44. The Kier molecular flexibility index (Phi) is 2.68. The molecule has 2 aromatic heterocycles. The van der Waals surface area contributed by atoms with Crippen molar-refractivity contribution in [1.29, 1.82) is 0 Å². The van der Waals surface area contributed by atoms with E-state index in [1.807, 2.05) is 19.9 Å². The molecule has 0 bridgehead atoms. The molecule has 0 aliphatic carbocycles. The third kappa shape index (κ3) is 1.93. The minimum Gasteiger partial charge on any atom is -0.261 e. The summed E-state index contributed by atoms with van der Waals surface area (Å²) in [6, 6.07) is 3.44. The second-order valence-electron chi connectivity index (χ2n) is 3.58. The Labute approximate surface area is 91.7 Å². The molecule has 0 saturated carbocycles. The van der Waals surface area contributed by atoms with Crippen LogP contribution in [0.4, 0.5) is 8.78 Å². The van der Waals surface area contributed by atoms with E-state index < -0.39 is 6.55 Å². The zero-order valence-corrected chi connectivity index (χ0v) is 8.98. The first kappa shape index (κ1) is 10.7. The number of rotatable bonds is 2. The highest BCUT2D eigenvalue weighted by molar-refractivity contribution is 5.58. The molecule has 0 unspecified atom stereocenters. The molecule has 0 aliphatic heterocycles. The van der Waals surface area contributed by atoms with Crippen LogP contribution in [-0.4, -0.2) is 14.8 Å². The Balaban J connectivity index is 2.39. The second-order valence-corrected chi connectivity index (χ2v) is 3.58. The summed E-state index contributed by atoms with van der Waals surface area (Å²) in [4.78, 5) is 4.17. The maximum atomic E-state index is 12.3. The lowest BCUT2D eigenvalue weighted by Gasteiger charge is -2.01. The van der Waals surface area contributed by atoms with E-state index in [0.717, 1.165) is 16.8 Å². The summed E-state index contributed by atoms with van der Waals surface area (Å²) >= 11 is 0. The summed E-state index contributed by atoms with van der Waals surface area (Å²) in [6.45, 7) is 1.22. The SMILES string of the molecule is Cc1cc(-c2ccn(C(F)F)n2)cnc1C. The zero-order valence-electron chi connectivity index (χ0n) is 8.98. The van der Waals surface area contributed by atoms with Crippen molar-refractivity contribution in [3.63, 3.8) is 0 Å². The van der Waals surface area contributed by atoms with Crippen molar-refractivity contribution < 1.29 is 8.78 Å². The molecular weight excluding hydrogens is 212 g/mol. The van der Waals surface area contributed by atoms with E-state index in [1.54, 1.807) is 12.3 Å². The van der Waals surface area contributed by atoms with Gasteiger partial charge < -0.3 is 0 Å². The van der Waals surface area contributed by atoms with Gasteiger partial charge in [-0.1, -0.05) is 0 Å². The molecule has 0 amide bonds. The quantitative estimate of drug-likeness (QED) is 0.783. The molecule has 0 saturated heterocycles. The number of pyridine rings is 1. The van der Waals surface area contributed by atoms with Gasteiger partial charge in [-0.15, -0.1) is 0 Å². The molecule has 2 aromatic rings. The van der Waals surface area contributed by atoms with Gasteiger partial charge in [0.05, 0.1) is 5.69 Å². The minimum absolute atomic E-state index is 0.510. The Morgan fingerprint density at radius 3 is 2.62 bits per heavy atom. The molecule has 0 N–H and O–H groups in total. The van der Waals surface area contributed by atoms with Gasteiger partial charge in [0.2, 0.25) is 0 Å². The molecule has 0 radical (unpaired) electrons. The zero-order chi connectivity index (χ0) is 11.7. The van der Waals surface area contributed by atoms with Crippen molar-refractivity contribution in [2.75, 3.05) is 0 Å². The van der Waals surface area contributed by atoms with Gasteiger partial charge >= 0.3 is 6.55 Å². The standard InChI is InChI=1S/C11H11F2N3/c1-7-5-9(6-14-8(7)2)10-3-4-16(15-10)11(12)13/h3-6,11H,1-2H3. The molecule has 0 aliphatic rings. The van der Waals surface area contributed by atoms with Gasteiger partial charge in [0.1, 0.15) is 0 Å². The van der Waals surface area contributed by atoms with Crippen LogP contribution in [0.3, 0.4) is 0 Å². The summed E-state index contributed by atoms with van der Waals surface area (Å²) in [7, 11) is 0. The first-order valence-corrected chi connectivity index (χ1v) is 4.85. The maximum absolute atomic E-state index is 12.3. The number of aryl methyl sites for hydroxylation is 2. The monoisotopic (exact) mass is 223 g/mol. The Bertz CT molecular complexity index is 506. The van der Waals surface area contributed by atoms with Crippen LogP contribution in [0, 0.1) is 13.8 Å². The van der Waals surface area contributed by atoms with Crippen molar-refractivity contribution in [1.82, 2.24) is 14.8 Å². The van der Waals surface area contributed by atoms with E-state index in [9.17, 15) is 8.78 Å². The van der Waals surface area contributed by atoms with Gasteiger partial charge in [0, 0.05) is 23.7 Å². The lowest BCUT2D eigenvalue weighted by atomic mass is 10.1. The highest BCUT2D eigenvalue weighted by atomic mass is 19.3. The molecular formula is C11H11F2N3. The summed E-state index contributed by atoms with van der Waals surface area (Å²) in [6.07, 6.45) is 2.90. The predicted octanol–water partition coefficient (Wildman–Crippen LogP) is 2.96. The van der Waals surface area contributed by atoms with Gasteiger partial charge in [-0.3, -0.25) is 4.98 Å². The van der Waals surface area contributed by atoms with E-state index in [2.05, 4.69) is 10.1 Å². The summed E-state index contributed by atoms with van der Waals surface area (Å²) in [5.74, 6) is 0.